The Kier molecular flexibility index (Phi) is 6.41. The molecular weight excluding hydrogens is 336 g/mol. The van der Waals surface area contributed by atoms with E-state index in [1.165, 1.54) is 11.4 Å². The van der Waals surface area contributed by atoms with Crippen LogP contribution in [0.5, 0.6) is 11.5 Å². The molecule has 24 heavy (non-hydrogen) atoms. The van der Waals surface area contributed by atoms with Crippen LogP contribution in [0.1, 0.15) is 12.0 Å². The van der Waals surface area contributed by atoms with Gasteiger partial charge in [0.1, 0.15) is 0 Å². The Labute approximate surface area is 141 Å². The van der Waals surface area contributed by atoms with Gasteiger partial charge in [-0.15, -0.1) is 0 Å². The summed E-state index contributed by atoms with van der Waals surface area (Å²) in [5, 5.41) is 2.76. The molecule has 8 nitrogen and oxygen atoms in total. The molecule has 1 heterocycles. The highest BCUT2D eigenvalue weighted by molar-refractivity contribution is 7.88. The van der Waals surface area contributed by atoms with Gasteiger partial charge in [-0.2, -0.15) is 4.31 Å². The van der Waals surface area contributed by atoms with Crippen molar-refractivity contribution in [1.82, 2.24) is 9.62 Å². The third kappa shape index (κ3) is 5.36. The first kappa shape index (κ1) is 18.5. The van der Waals surface area contributed by atoms with Gasteiger partial charge < -0.3 is 19.5 Å². The van der Waals surface area contributed by atoms with Crippen LogP contribution in [0.15, 0.2) is 18.2 Å². The monoisotopic (exact) mass is 358 g/mol. The summed E-state index contributed by atoms with van der Waals surface area (Å²) in [6.07, 6.45) is 1.20. The molecule has 0 aliphatic carbocycles. The Morgan fingerprint density at radius 3 is 2.75 bits per heavy atom. The predicted octanol–water partition coefficient (Wildman–Crippen LogP) is 0.330. The Bertz CT molecular complexity index is 677. The Morgan fingerprint density at radius 2 is 2.04 bits per heavy atom. The Hall–Kier alpha value is -1.84. The van der Waals surface area contributed by atoms with E-state index in [0.29, 0.717) is 18.0 Å². The number of carbonyl (C=O) groups is 1. The number of carbonyl (C=O) groups excluding carboxylic acids is 1. The summed E-state index contributed by atoms with van der Waals surface area (Å²) in [6.45, 7) is 1.17. The molecule has 0 spiro atoms. The second-order valence-corrected chi connectivity index (χ2v) is 7.35. The lowest BCUT2D eigenvalue weighted by Crippen LogP contribution is -2.36. The third-order valence-corrected chi connectivity index (χ3v) is 4.83. The van der Waals surface area contributed by atoms with Crippen LogP contribution in [0, 0.1) is 0 Å². The van der Waals surface area contributed by atoms with Crippen molar-refractivity contribution in [3.05, 3.63) is 23.8 Å². The topological polar surface area (TPSA) is 94.2 Å². The number of nitrogens with one attached hydrogen (secondary N) is 1. The van der Waals surface area contributed by atoms with E-state index in [4.69, 9.17) is 14.2 Å². The zero-order valence-electron chi connectivity index (χ0n) is 13.8. The van der Waals surface area contributed by atoms with Gasteiger partial charge in [-0.05, 0) is 17.7 Å². The normalized spacial score (nSPS) is 13.3. The minimum Gasteiger partial charge on any atom is -0.454 e. The van der Waals surface area contributed by atoms with Gasteiger partial charge in [0, 0.05) is 33.2 Å². The van der Waals surface area contributed by atoms with Gasteiger partial charge in [-0.3, -0.25) is 4.79 Å². The second-order valence-electron chi connectivity index (χ2n) is 5.37. The Balaban J connectivity index is 1.80. The molecule has 0 saturated carbocycles. The van der Waals surface area contributed by atoms with Crippen LogP contribution < -0.4 is 14.8 Å². The van der Waals surface area contributed by atoms with Gasteiger partial charge in [-0.1, -0.05) is 6.07 Å². The van der Waals surface area contributed by atoms with E-state index in [2.05, 4.69) is 5.32 Å². The van der Waals surface area contributed by atoms with Crippen molar-refractivity contribution in [3.8, 4) is 11.5 Å². The number of ether oxygens (including phenoxy) is 3. The molecule has 1 aliphatic rings. The molecule has 0 fully saturated rings. The zero-order valence-corrected chi connectivity index (χ0v) is 14.6. The van der Waals surface area contributed by atoms with Crippen LogP contribution in [-0.4, -0.2) is 58.5 Å². The summed E-state index contributed by atoms with van der Waals surface area (Å²) in [4.78, 5) is 11.9. The van der Waals surface area contributed by atoms with Crippen molar-refractivity contribution in [3.63, 3.8) is 0 Å². The molecule has 1 aromatic carbocycles. The third-order valence-electron chi connectivity index (χ3n) is 3.53. The van der Waals surface area contributed by atoms with Gasteiger partial charge in [0.05, 0.1) is 12.9 Å². The minimum atomic E-state index is -3.36. The molecule has 0 unspecified atom stereocenters. The van der Waals surface area contributed by atoms with Crippen LogP contribution >= 0.6 is 0 Å². The molecule has 134 valence electrons. The van der Waals surface area contributed by atoms with Crippen molar-refractivity contribution >= 4 is 15.9 Å². The van der Waals surface area contributed by atoms with E-state index in [1.54, 1.807) is 6.07 Å². The molecule has 0 saturated heterocycles. The molecule has 0 radical (unpaired) electrons. The first-order valence-electron chi connectivity index (χ1n) is 7.49. The molecule has 1 amide bonds. The number of benzene rings is 1. The standard InChI is InChI=1S/C15H22N2O6S/c1-21-8-7-17(24(2,19)20)6-5-15(18)16-10-12-3-4-13-14(9-12)23-11-22-13/h3-4,9H,5-8,10-11H2,1-2H3,(H,16,18). The average molecular weight is 358 g/mol. The van der Waals surface area contributed by atoms with Crippen LogP contribution in [0.3, 0.4) is 0 Å². The summed E-state index contributed by atoms with van der Waals surface area (Å²) in [6, 6.07) is 5.44. The van der Waals surface area contributed by atoms with Gasteiger partial charge in [-0.25, -0.2) is 8.42 Å². The highest BCUT2D eigenvalue weighted by atomic mass is 32.2. The molecule has 1 N–H and O–H groups in total. The number of nitrogens with zero attached hydrogens (tertiary/aromatic N) is 1. The number of sulfonamides is 1. The van der Waals surface area contributed by atoms with Crippen LogP contribution in [0.4, 0.5) is 0 Å². The minimum absolute atomic E-state index is 0.0847. The molecule has 0 bridgehead atoms. The van der Waals surface area contributed by atoms with Crippen LogP contribution in [-0.2, 0) is 26.1 Å². The number of hydrogen-bond donors (Lipinski definition) is 1. The first-order valence-corrected chi connectivity index (χ1v) is 9.34. The quantitative estimate of drug-likeness (QED) is 0.684. The SMILES string of the molecule is COCCN(CCC(=O)NCc1ccc2c(c1)OCO2)S(C)(=O)=O. The van der Waals surface area contributed by atoms with E-state index in [-0.39, 0.29) is 38.8 Å². The van der Waals surface area contributed by atoms with Crippen molar-refractivity contribution in [2.45, 2.75) is 13.0 Å². The van der Waals surface area contributed by atoms with E-state index < -0.39 is 10.0 Å². The highest BCUT2D eigenvalue weighted by Crippen LogP contribution is 2.32. The van der Waals surface area contributed by atoms with E-state index in [9.17, 15) is 13.2 Å². The fourth-order valence-corrected chi connectivity index (χ4v) is 3.03. The largest absolute Gasteiger partial charge is 0.454 e. The lowest BCUT2D eigenvalue weighted by Gasteiger charge is -2.19. The summed E-state index contributed by atoms with van der Waals surface area (Å²) in [7, 11) is -1.87. The number of amides is 1. The maximum atomic E-state index is 11.9. The summed E-state index contributed by atoms with van der Waals surface area (Å²) in [5.41, 5.74) is 0.881. The van der Waals surface area contributed by atoms with E-state index in [1.807, 2.05) is 12.1 Å². The Morgan fingerprint density at radius 1 is 1.29 bits per heavy atom. The highest BCUT2D eigenvalue weighted by Gasteiger charge is 2.18. The number of methoxy groups -OCH3 is 1. The van der Waals surface area contributed by atoms with Gasteiger partial charge in [0.25, 0.3) is 0 Å². The molecule has 9 heteroatoms. The van der Waals surface area contributed by atoms with E-state index >= 15 is 0 Å². The van der Waals surface area contributed by atoms with Crippen molar-refractivity contribution < 1.29 is 27.4 Å². The number of rotatable bonds is 9. The lowest BCUT2D eigenvalue weighted by atomic mass is 10.2. The number of hydrogen-bond acceptors (Lipinski definition) is 6. The lowest BCUT2D eigenvalue weighted by molar-refractivity contribution is -0.121. The van der Waals surface area contributed by atoms with Crippen molar-refractivity contribution in [1.29, 1.82) is 0 Å². The smallest absolute Gasteiger partial charge is 0.231 e. The van der Waals surface area contributed by atoms with E-state index in [0.717, 1.165) is 11.8 Å². The summed E-state index contributed by atoms with van der Waals surface area (Å²) < 4.78 is 39.9. The summed E-state index contributed by atoms with van der Waals surface area (Å²) >= 11 is 0. The molecule has 0 atom stereocenters. The fourth-order valence-electron chi connectivity index (χ4n) is 2.20. The predicted molar refractivity (Wildman–Crippen MR) is 87.3 cm³/mol. The van der Waals surface area contributed by atoms with Crippen LogP contribution in [0.25, 0.3) is 0 Å². The first-order chi connectivity index (χ1) is 11.4. The van der Waals surface area contributed by atoms with Crippen LogP contribution in [0.2, 0.25) is 0 Å². The van der Waals surface area contributed by atoms with Gasteiger partial charge >= 0.3 is 0 Å². The molecule has 0 aromatic heterocycles. The average Bonchev–Trinajstić information content (AvgIpc) is 2.99. The van der Waals surface area contributed by atoms with Crippen molar-refractivity contribution in [2.24, 2.45) is 0 Å². The summed E-state index contributed by atoms with van der Waals surface area (Å²) in [5.74, 6) is 1.12. The van der Waals surface area contributed by atoms with Gasteiger partial charge in [0.2, 0.25) is 22.7 Å². The van der Waals surface area contributed by atoms with Crippen molar-refractivity contribution in [2.75, 3.05) is 39.9 Å². The maximum absolute atomic E-state index is 11.9. The fraction of sp³-hybridized carbons (Fsp3) is 0.533. The van der Waals surface area contributed by atoms with Gasteiger partial charge in [0.15, 0.2) is 11.5 Å². The molecular formula is C15H22N2O6S. The molecule has 2 rings (SSSR count). The zero-order chi connectivity index (χ0) is 17.6. The maximum Gasteiger partial charge on any atom is 0.231 e. The second kappa shape index (κ2) is 8.32. The number of fused-ring (bicyclic) bond motifs is 1. The molecule has 1 aromatic rings. The molecule has 1 aliphatic heterocycles.